The van der Waals surface area contributed by atoms with E-state index in [-0.39, 0.29) is 35.9 Å². The van der Waals surface area contributed by atoms with E-state index in [0.717, 1.165) is 47.4 Å². The van der Waals surface area contributed by atoms with E-state index in [1.807, 2.05) is 49.1 Å². The number of aliphatic hydroxyl groups is 1. The Balaban J connectivity index is 1.28. The molecule has 6 rings (SSSR count). The third-order valence-corrected chi connectivity index (χ3v) is 11.9. The van der Waals surface area contributed by atoms with Crippen LogP contribution in [0.2, 0.25) is 0 Å². The van der Waals surface area contributed by atoms with Crippen molar-refractivity contribution in [3.8, 4) is 0 Å². The molecule has 6 heterocycles. The van der Waals surface area contributed by atoms with Crippen LogP contribution >= 0.6 is 35.3 Å². The molecule has 6 fully saturated rings. The van der Waals surface area contributed by atoms with Crippen LogP contribution in [0.3, 0.4) is 0 Å². The van der Waals surface area contributed by atoms with Gasteiger partial charge in [0.2, 0.25) is 0 Å². The largest absolute Gasteiger partial charge is 0.392 e. The first-order valence-electron chi connectivity index (χ1n) is 12.8. The monoisotopic (exact) mass is 534 g/mol. The predicted octanol–water partition coefficient (Wildman–Crippen LogP) is 2.84. The molecule has 7 nitrogen and oxygen atoms in total. The van der Waals surface area contributed by atoms with Gasteiger partial charge in [-0.1, -0.05) is 0 Å². The third-order valence-electron chi connectivity index (χ3n) is 8.44. The van der Waals surface area contributed by atoms with Gasteiger partial charge in [0.25, 0.3) is 0 Å². The fraction of sp³-hybridized carbons (Fsp3) is 1.00. The molecule has 0 aliphatic carbocycles. The minimum Gasteiger partial charge on any atom is -0.392 e. The average Bonchev–Trinajstić information content (AvgIpc) is 3.49. The molecule has 0 aromatic carbocycles. The maximum absolute atomic E-state index is 11.9. The highest BCUT2D eigenvalue weighted by atomic mass is 32.2. The second-order valence-corrected chi connectivity index (χ2v) is 14.2. The van der Waals surface area contributed by atoms with Crippen molar-refractivity contribution in [1.29, 1.82) is 0 Å². The Hall–Kier alpha value is 0.770. The molecule has 6 saturated heterocycles. The molecule has 0 aromatic heterocycles. The van der Waals surface area contributed by atoms with Crippen LogP contribution in [0.1, 0.15) is 26.7 Å². The van der Waals surface area contributed by atoms with Gasteiger partial charge >= 0.3 is 0 Å². The van der Waals surface area contributed by atoms with Crippen molar-refractivity contribution < 1.29 is 33.5 Å². The molecule has 2 spiro atoms. The molecule has 0 saturated carbocycles. The van der Waals surface area contributed by atoms with Gasteiger partial charge in [-0.2, -0.15) is 35.3 Å². The van der Waals surface area contributed by atoms with Crippen molar-refractivity contribution >= 4 is 35.3 Å². The number of fused-ring (bicyclic) bond motifs is 1. The molecule has 34 heavy (non-hydrogen) atoms. The number of thioether (sulfide) groups is 3. The Morgan fingerprint density at radius 1 is 0.735 bits per heavy atom. The van der Waals surface area contributed by atoms with Gasteiger partial charge in [-0.05, 0) is 25.4 Å². The molecular weight excluding hydrogens is 496 g/mol. The lowest BCUT2D eigenvalue weighted by Crippen LogP contribution is -2.65. The molecule has 6 aliphatic heterocycles. The third kappa shape index (κ3) is 4.39. The van der Waals surface area contributed by atoms with Crippen molar-refractivity contribution in [1.82, 2.24) is 0 Å². The van der Waals surface area contributed by atoms with Gasteiger partial charge in [0.05, 0.1) is 44.7 Å². The maximum Gasteiger partial charge on any atom is 0.175 e. The van der Waals surface area contributed by atoms with Gasteiger partial charge in [-0.3, -0.25) is 0 Å². The molecule has 1 N–H and O–H groups in total. The Morgan fingerprint density at radius 2 is 1.35 bits per heavy atom. The first-order valence-corrected chi connectivity index (χ1v) is 16.2. The standard InChI is InChI=1S/C24H38O7S3/c1-22(2)30-20-15(19(25)17-13-32-9-3-23(17)26-5-6-27-23)11-34-12-16(20)21(31-22)18-14-33-10-4-24(18)28-7-8-29-24/h15-21,25H,3-14H2,1-2H3/t15-,16+,17-,18+,19+,20-,21-/m1/s1. The Labute approximate surface area is 215 Å². The van der Waals surface area contributed by atoms with Crippen LogP contribution in [0.4, 0.5) is 0 Å². The lowest BCUT2D eigenvalue weighted by Gasteiger charge is -2.56. The normalized spacial score (nSPS) is 44.2. The quantitative estimate of drug-likeness (QED) is 0.584. The van der Waals surface area contributed by atoms with E-state index in [0.29, 0.717) is 26.4 Å². The molecule has 10 heteroatoms. The lowest BCUT2D eigenvalue weighted by atomic mass is 9.74. The molecule has 0 aromatic rings. The molecule has 0 unspecified atom stereocenters. The van der Waals surface area contributed by atoms with Crippen LogP contribution in [0.15, 0.2) is 0 Å². The van der Waals surface area contributed by atoms with E-state index in [1.165, 1.54) is 0 Å². The second kappa shape index (κ2) is 9.82. The van der Waals surface area contributed by atoms with Crippen molar-refractivity contribution in [3.05, 3.63) is 0 Å². The molecule has 0 radical (unpaired) electrons. The summed E-state index contributed by atoms with van der Waals surface area (Å²) < 4.78 is 38.2. The number of aliphatic hydroxyl groups excluding tert-OH is 1. The molecule has 6 aliphatic rings. The summed E-state index contributed by atoms with van der Waals surface area (Å²) in [6.45, 7) is 6.56. The molecule has 194 valence electrons. The minimum absolute atomic E-state index is 0.000378. The molecule has 0 amide bonds. The fourth-order valence-electron chi connectivity index (χ4n) is 6.88. The van der Waals surface area contributed by atoms with Crippen LogP contribution in [0.5, 0.6) is 0 Å². The highest BCUT2D eigenvalue weighted by Crippen LogP contribution is 2.52. The topological polar surface area (TPSA) is 75.6 Å². The van der Waals surface area contributed by atoms with Gasteiger partial charge in [-0.15, -0.1) is 0 Å². The number of rotatable bonds is 3. The van der Waals surface area contributed by atoms with Crippen molar-refractivity contribution in [2.24, 2.45) is 23.7 Å². The van der Waals surface area contributed by atoms with Gasteiger partial charge in [0.1, 0.15) is 0 Å². The number of hydrogen-bond acceptors (Lipinski definition) is 10. The van der Waals surface area contributed by atoms with Gasteiger partial charge < -0.3 is 33.5 Å². The van der Waals surface area contributed by atoms with Crippen molar-refractivity contribution in [2.75, 3.05) is 60.9 Å². The van der Waals surface area contributed by atoms with E-state index in [1.54, 1.807) is 0 Å². The van der Waals surface area contributed by atoms with E-state index in [9.17, 15) is 5.11 Å². The summed E-state index contributed by atoms with van der Waals surface area (Å²) in [6, 6.07) is 0. The van der Waals surface area contributed by atoms with Gasteiger partial charge in [0, 0.05) is 59.5 Å². The number of hydrogen-bond donors (Lipinski definition) is 1. The zero-order valence-corrected chi connectivity index (χ0v) is 22.6. The minimum atomic E-state index is -0.729. The van der Waals surface area contributed by atoms with Crippen LogP contribution in [-0.2, 0) is 28.4 Å². The van der Waals surface area contributed by atoms with Crippen LogP contribution in [0, 0.1) is 23.7 Å². The SMILES string of the molecule is CC1(C)O[C@@H]2[C@@H]([C@H](O)[C@H]3CSCCC34OCCO4)CSC[C@@H]2[C@H]([C@@H]2CSCCC23OCCO3)O1. The zero-order chi connectivity index (χ0) is 23.4. The lowest BCUT2D eigenvalue weighted by molar-refractivity contribution is -0.356. The van der Waals surface area contributed by atoms with Gasteiger partial charge in [-0.25, -0.2) is 0 Å². The molecule has 7 atom stereocenters. The van der Waals surface area contributed by atoms with Crippen molar-refractivity contribution in [2.45, 2.75) is 62.4 Å². The first kappa shape index (κ1) is 25.1. The summed E-state index contributed by atoms with van der Waals surface area (Å²) in [6.07, 6.45) is 1.07. The maximum atomic E-state index is 11.9. The van der Waals surface area contributed by atoms with Crippen LogP contribution in [0.25, 0.3) is 0 Å². The second-order valence-electron chi connectivity index (χ2n) is 10.8. The van der Waals surface area contributed by atoms with Gasteiger partial charge in [0.15, 0.2) is 17.4 Å². The summed E-state index contributed by atoms with van der Waals surface area (Å²) in [4.78, 5) is 0. The summed E-state index contributed by atoms with van der Waals surface area (Å²) in [5, 5.41) is 11.9. The van der Waals surface area contributed by atoms with E-state index in [2.05, 4.69) is 0 Å². The fourth-order valence-corrected chi connectivity index (χ4v) is 10.9. The smallest absolute Gasteiger partial charge is 0.175 e. The Morgan fingerprint density at radius 3 is 2.09 bits per heavy atom. The Kier molecular flexibility index (Phi) is 7.24. The molecular formula is C24H38O7S3. The highest BCUT2D eigenvalue weighted by molar-refractivity contribution is 7.99. The average molecular weight is 535 g/mol. The summed E-state index contributed by atoms with van der Waals surface area (Å²) in [5.41, 5.74) is 0. The summed E-state index contributed by atoms with van der Waals surface area (Å²) in [5.74, 6) is 4.08. The predicted molar refractivity (Wildman–Crippen MR) is 134 cm³/mol. The Bertz CT molecular complexity index is 721. The summed E-state index contributed by atoms with van der Waals surface area (Å²) in [7, 11) is 0. The van der Waals surface area contributed by atoms with E-state index in [4.69, 9.17) is 28.4 Å². The molecule has 0 bridgehead atoms. The van der Waals surface area contributed by atoms with Crippen LogP contribution in [-0.4, -0.2) is 102 Å². The summed E-state index contributed by atoms with van der Waals surface area (Å²) >= 11 is 5.77. The zero-order valence-electron chi connectivity index (χ0n) is 20.1. The van der Waals surface area contributed by atoms with E-state index < -0.39 is 23.5 Å². The van der Waals surface area contributed by atoms with Crippen molar-refractivity contribution in [3.63, 3.8) is 0 Å². The van der Waals surface area contributed by atoms with Crippen LogP contribution < -0.4 is 0 Å². The highest BCUT2D eigenvalue weighted by Gasteiger charge is 2.60. The van der Waals surface area contributed by atoms with E-state index >= 15 is 0 Å². The first-order chi connectivity index (χ1) is 16.4. The number of ether oxygens (including phenoxy) is 6.